The van der Waals surface area contributed by atoms with Crippen molar-refractivity contribution in [1.82, 2.24) is 10.2 Å². The molecule has 1 radical (unpaired) electrons. The van der Waals surface area contributed by atoms with Gasteiger partial charge in [0.15, 0.2) is 0 Å². The van der Waals surface area contributed by atoms with Crippen molar-refractivity contribution in [1.29, 1.82) is 0 Å². The molecule has 0 saturated carbocycles. The lowest BCUT2D eigenvalue weighted by atomic mass is 10.1. The zero-order valence-electron chi connectivity index (χ0n) is 8.47. The van der Waals surface area contributed by atoms with Crippen LogP contribution in [-0.2, 0) is 12.8 Å². The fourth-order valence-corrected chi connectivity index (χ4v) is 1.51. The lowest BCUT2D eigenvalue weighted by Crippen LogP contribution is -1.91. The van der Waals surface area contributed by atoms with Gasteiger partial charge in [-0.05, 0) is 24.8 Å². The molecule has 0 saturated heterocycles. The van der Waals surface area contributed by atoms with Crippen LogP contribution in [0.2, 0.25) is 0 Å². The summed E-state index contributed by atoms with van der Waals surface area (Å²) >= 11 is 0. The highest BCUT2D eigenvalue weighted by Gasteiger charge is 2.02. The van der Waals surface area contributed by atoms with E-state index in [1.54, 1.807) is 0 Å². The highest BCUT2D eigenvalue weighted by molar-refractivity contribution is 5.15. The molecule has 0 aliphatic heterocycles. The molecular formula is C11H19N2. The van der Waals surface area contributed by atoms with E-state index < -0.39 is 0 Å². The van der Waals surface area contributed by atoms with E-state index in [2.05, 4.69) is 24.0 Å². The molecule has 73 valence electrons. The van der Waals surface area contributed by atoms with E-state index in [0.29, 0.717) is 0 Å². The van der Waals surface area contributed by atoms with E-state index in [4.69, 9.17) is 0 Å². The minimum Gasteiger partial charge on any atom is -0.285 e. The Morgan fingerprint density at radius 1 is 1.38 bits per heavy atom. The number of hydrogen-bond acceptors (Lipinski definition) is 1. The molecule has 1 N–H and O–H groups in total. The second kappa shape index (κ2) is 5.79. The number of aromatic amines is 1. The lowest BCUT2D eigenvalue weighted by Gasteiger charge is -1.99. The first-order valence-corrected chi connectivity index (χ1v) is 5.19. The molecule has 1 aromatic heterocycles. The second-order valence-corrected chi connectivity index (χ2v) is 3.37. The second-order valence-electron chi connectivity index (χ2n) is 3.37. The number of nitrogens with one attached hydrogen (secondary N) is 1. The largest absolute Gasteiger partial charge is 0.285 e. The molecule has 1 rings (SSSR count). The predicted molar refractivity (Wildman–Crippen MR) is 55.5 cm³/mol. The predicted octanol–water partition coefficient (Wildman–Crippen LogP) is 2.91. The number of unbranched alkanes of at least 4 members (excludes halogenated alkanes) is 3. The number of H-pyrrole nitrogens is 1. The van der Waals surface area contributed by atoms with Crippen molar-refractivity contribution in [2.45, 2.75) is 45.4 Å². The van der Waals surface area contributed by atoms with Crippen LogP contribution in [0.5, 0.6) is 0 Å². The number of aromatic nitrogens is 2. The molecule has 0 amide bonds. The van der Waals surface area contributed by atoms with Gasteiger partial charge in [-0.3, -0.25) is 5.10 Å². The Morgan fingerprint density at radius 3 is 2.92 bits per heavy atom. The summed E-state index contributed by atoms with van der Waals surface area (Å²) in [5.41, 5.74) is 2.63. The molecule has 0 fully saturated rings. The Kier molecular flexibility index (Phi) is 4.58. The summed E-state index contributed by atoms with van der Waals surface area (Å²) in [6.07, 6.45) is 9.03. The zero-order valence-corrected chi connectivity index (χ0v) is 8.47. The van der Waals surface area contributed by atoms with Crippen LogP contribution in [0.1, 0.15) is 43.9 Å². The first-order chi connectivity index (χ1) is 6.38. The van der Waals surface area contributed by atoms with Crippen LogP contribution in [0.25, 0.3) is 0 Å². The van der Waals surface area contributed by atoms with E-state index in [1.807, 2.05) is 6.20 Å². The van der Waals surface area contributed by atoms with Gasteiger partial charge in [0.25, 0.3) is 0 Å². The highest BCUT2D eigenvalue weighted by Crippen LogP contribution is 2.10. The van der Waals surface area contributed by atoms with Gasteiger partial charge in [-0.25, -0.2) is 0 Å². The zero-order chi connectivity index (χ0) is 9.52. The molecular weight excluding hydrogens is 160 g/mol. The molecule has 13 heavy (non-hydrogen) atoms. The Bertz CT molecular complexity index is 228. The summed E-state index contributed by atoms with van der Waals surface area (Å²) in [6.45, 7) is 6.00. The van der Waals surface area contributed by atoms with E-state index in [1.165, 1.54) is 30.5 Å². The fraction of sp³-hybridized carbons (Fsp3) is 0.636. The molecule has 2 nitrogen and oxygen atoms in total. The molecule has 0 aliphatic carbocycles. The number of rotatable bonds is 6. The Balaban J connectivity index is 2.27. The number of nitrogens with zero attached hydrogens (tertiary/aromatic N) is 1. The van der Waals surface area contributed by atoms with E-state index in [9.17, 15) is 0 Å². The third-order valence-electron chi connectivity index (χ3n) is 2.35. The van der Waals surface area contributed by atoms with E-state index in [0.717, 1.165) is 19.3 Å². The van der Waals surface area contributed by atoms with Crippen molar-refractivity contribution < 1.29 is 0 Å². The van der Waals surface area contributed by atoms with Gasteiger partial charge in [0, 0.05) is 6.20 Å². The van der Waals surface area contributed by atoms with Gasteiger partial charge in [0.05, 0.1) is 5.69 Å². The van der Waals surface area contributed by atoms with E-state index >= 15 is 0 Å². The molecule has 0 spiro atoms. The van der Waals surface area contributed by atoms with Crippen molar-refractivity contribution >= 4 is 0 Å². The maximum Gasteiger partial charge on any atom is 0.0653 e. The maximum atomic E-state index is 4.24. The van der Waals surface area contributed by atoms with Crippen molar-refractivity contribution in [3.63, 3.8) is 0 Å². The summed E-state index contributed by atoms with van der Waals surface area (Å²) in [7, 11) is 0. The first kappa shape index (κ1) is 10.3. The smallest absolute Gasteiger partial charge is 0.0653 e. The topological polar surface area (TPSA) is 28.7 Å². The van der Waals surface area contributed by atoms with Crippen molar-refractivity contribution in [3.05, 3.63) is 24.4 Å². The van der Waals surface area contributed by atoms with Crippen LogP contribution in [0.4, 0.5) is 0 Å². The first-order valence-electron chi connectivity index (χ1n) is 5.19. The molecule has 0 aliphatic rings. The third kappa shape index (κ3) is 3.21. The van der Waals surface area contributed by atoms with Gasteiger partial charge >= 0.3 is 0 Å². The Labute approximate surface area is 80.7 Å². The van der Waals surface area contributed by atoms with Crippen molar-refractivity contribution in [3.8, 4) is 0 Å². The summed E-state index contributed by atoms with van der Waals surface area (Å²) in [4.78, 5) is 0. The van der Waals surface area contributed by atoms with Crippen molar-refractivity contribution in [2.75, 3.05) is 0 Å². The van der Waals surface area contributed by atoms with Gasteiger partial charge in [-0.15, -0.1) is 0 Å². The van der Waals surface area contributed by atoms with Gasteiger partial charge in [-0.1, -0.05) is 33.1 Å². The summed E-state index contributed by atoms with van der Waals surface area (Å²) in [5.74, 6) is 0. The average Bonchev–Trinajstić information content (AvgIpc) is 2.60. The number of aryl methyl sites for hydroxylation is 2. The minimum atomic E-state index is 1.06. The fourth-order valence-electron chi connectivity index (χ4n) is 1.51. The van der Waals surface area contributed by atoms with Gasteiger partial charge in [-0.2, -0.15) is 5.10 Å². The lowest BCUT2D eigenvalue weighted by molar-refractivity contribution is 0.674. The molecule has 1 aromatic rings. The molecule has 2 heteroatoms. The standard InChI is InChI=1S/C11H19N2/c1-3-5-6-7-8-11-10(4-2)9-12-13-11/h9H,1,3-8H2,2H3,(H,12,13). The summed E-state index contributed by atoms with van der Waals surface area (Å²) < 4.78 is 0. The van der Waals surface area contributed by atoms with Gasteiger partial charge < -0.3 is 0 Å². The highest BCUT2D eigenvalue weighted by atomic mass is 15.1. The summed E-state index contributed by atoms with van der Waals surface area (Å²) in [6, 6.07) is 0. The SMILES string of the molecule is [CH2]CCCCCc1n[nH]cc1CC. The average molecular weight is 179 g/mol. The van der Waals surface area contributed by atoms with Crippen LogP contribution >= 0.6 is 0 Å². The summed E-state index contributed by atoms with van der Waals surface area (Å²) in [5, 5.41) is 7.17. The van der Waals surface area contributed by atoms with Crippen LogP contribution in [0.15, 0.2) is 6.20 Å². The van der Waals surface area contributed by atoms with Gasteiger partial charge in [0.1, 0.15) is 0 Å². The molecule has 0 unspecified atom stereocenters. The minimum absolute atomic E-state index is 1.06. The normalized spacial score (nSPS) is 10.6. The quantitative estimate of drug-likeness (QED) is 0.668. The van der Waals surface area contributed by atoms with Crippen molar-refractivity contribution in [2.24, 2.45) is 0 Å². The Morgan fingerprint density at radius 2 is 2.23 bits per heavy atom. The Hall–Kier alpha value is -0.790. The van der Waals surface area contributed by atoms with E-state index in [-0.39, 0.29) is 0 Å². The van der Waals surface area contributed by atoms with Crippen LogP contribution in [0, 0.1) is 6.92 Å². The number of hydrogen-bond donors (Lipinski definition) is 1. The molecule has 1 heterocycles. The molecule has 0 bridgehead atoms. The van der Waals surface area contributed by atoms with Crippen LogP contribution in [0.3, 0.4) is 0 Å². The molecule has 0 aromatic carbocycles. The molecule has 0 atom stereocenters. The van der Waals surface area contributed by atoms with Gasteiger partial charge in [0.2, 0.25) is 0 Å². The van der Waals surface area contributed by atoms with Crippen LogP contribution in [-0.4, -0.2) is 10.2 Å². The third-order valence-corrected chi connectivity index (χ3v) is 2.35. The monoisotopic (exact) mass is 179 g/mol. The van der Waals surface area contributed by atoms with Crippen LogP contribution < -0.4 is 0 Å². The maximum absolute atomic E-state index is 4.24.